The maximum Gasteiger partial charge on any atom is 0.247 e. The van der Waals surface area contributed by atoms with Crippen LogP contribution in [0, 0.1) is 11.8 Å². The minimum absolute atomic E-state index is 0.0109. The molecule has 2 aliphatic carbocycles. The molecule has 1 aromatic heterocycles. The zero-order valence-electron chi connectivity index (χ0n) is 18.5. The number of carbonyl (C=O) groups is 2. The second kappa shape index (κ2) is 9.89. The van der Waals surface area contributed by atoms with Gasteiger partial charge in [0.25, 0.3) is 0 Å². The minimum Gasteiger partial charge on any atom is -0.457 e. The van der Waals surface area contributed by atoms with Gasteiger partial charge < -0.3 is 14.8 Å². The first-order chi connectivity index (χ1) is 16.1. The molecule has 8 nitrogen and oxygen atoms in total. The lowest BCUT2D eigenvalue weighted by molar-refractivity contribution is -0.202. The highest BCUT2D eigenvalue weighted by molar-refractivity contribution is 5.93. The van der Waals surface area contributed by atoms with Gasteiger partial charge in [0.05, 0.1) is 0 Å². The number of hydrogen-bond donors (Lipinski definition) is 2. The Kier molecular flexibility index (Phi) is 6.55. The third-order valence-electron chi connectivity index (χ3n) is 6.37. The van der Waals surface area contributed by atoms with E-state index in [1.165, 1.54) is 5.56 Å². The molecule has 0 spiro atoms. The first-order valence-electron chi connectivity index (χ1n) is 11.8. The Balaban J connectivity index is 1.19. The summed E-state index contributed by atoms with van der Waals surface area (Å²) in [6.45, 7) is 0.673. The maximum absolute atomic E-state index is 12.6. The van der Waals surface area contributed by atoms with Crippen molar-refractivity contribution in [2.45, 2.75) is 57.7 Å². The molecule has 1 saturated heterocycles. The molecule has 2 N–H and O–H groups in total. The number of hydroxylamine groups is 1. The van der Waals surface area contributed by atoms with Gasteiger partial charge in [0, 0.05) is 37.1 Å². The highest BCUT2D eigenvalue weighted by Gasteiger charge is 2.30. The summed E-state index contributed by atoms with van der Waals surface area (Å²) in [7, 11) is 0. The summed E-state index contributed by atoms with van der Waals surface area (Å²) >= 11 is 0. The SMILES string of the molecule is O=C(Nc1cc(Oc2ccc3c(c2)C[C@@H](C(=O)NOC2CCCCO2)CC3)ccn1)C1CC1. The van der Waals surface area contributed by atoms with Crippen LogP contribution < -0.4 is 15.5 Å². The van der Waals surface area contributed by atoms with E-state index in [9.17, 15) is 9.59 Å². The Hall–Kier alpha value is -2.97. The Bertz CT molecular complexity index is 1020. The molecule has 1 saturated carbocycles. The summed E-state index contributed by atoms with van der Waals surface area (Å²) in [6.07, 6.45) is 8.28. The van der Waals surface area contributed by atoms with Crippen LogP contribution in [0.1, 0.15) is 49.7 Å². The van der Waals surface area contributed by atoms with Crippen molar-refractivity contribution >= 4 is 17.6 Å². The fourth-order valence-corrected chi connectivity index (χ4v) is 4.28. The lowest BCUT2D eigenvalue weighted by Gasteiger charge is -2.26. The molecule has 3 aliphatic rings. The van der Waals surface area contributed by atoms with E-state index in [2.05, 4.69) is 21.8 Å². The lowest BCUT2D eigenvalue weighted by atomic mass is 9.83. The van der Waals surface area contributed by atoms with Gasteiger partial charge in [-0.25, -0.2) is 15.3 Å². The Morgan fingerprint density at radius 3 is 2.64 bits per heavy atom. The minimum atomic E-state index is -0.349. The van der Waals surface area contributed by atoms with Gasteiger partial charge in [0.15, 0.2) is 6.29 Å². The Morgan fingerprint density at radius 1 is 0.939 bits per heavy atom. The van der Waals surface area contributed by atoms with Crippen molar-refractivity contribution in [1.82, 2.24) is 10.5 Å². The molecule has 174 valence electrons. The molecule has 2 amide bonds. The van der Waals surface area contributed by atoms with Crippen molar-refractivity contribution in [2.24, 2.45) is 11.8 Å². The molecule has 0 bridgehead atoms. The van der Waals surface area contributed by atoms with E-state index in [4.69, 9.17) is 14.3 Å². The van der Waals surface area contributed by atoms with Crippen LogP contribution in [-0.2, 0) is 32.0 Å². The highest BCUT2D eigenvalue weighted by Crippen LogP contribution is 2.32. The monoisotopic (exact) mass is 451 g/mol. The Labute approximate surface area is 193 Å². The Morgan fingerprint density at radius 2 is 1.82 bits per heavy atom. The fourth-order valence-electron chi connectivity index (χ4n) is 4.28. The van der Waals surface area contributed by atoms with Gasteiger partial charge in [-0.1, -0.05) is 6.07 Å². The number of hydrogen-bond acceptors (Lipinski definition) is 6. The third kappa shape index (κ3) is 5.69. The normalized spacial score (nSPS) is 22.2. The summed E-state index contributed by atoms with van der Waals surface area (Å²) in [6, 6.07) is 9.46. The van der Waals surface area contributed by atoms with Crippen molar-refractivity contribution in [2.75, 3.05) is 11.9 Å². The number of nitrogens with zero attached hydrogens (tertiary/aromatic N) is 1. The number of benzene rings is 1. The number of aromatic nitrogens is 1. The molecule has 2 aromatic rings. The maximum atomic E-state index is 12.6. The standard InChI is InChI=1S/C25H29N3O5/c29-24(17-5-6-17)27-22-15-21(10-11-26-22)32-20-9-8-16-4-7-18(13-19(16)14-20)25(30)28-33-23-3-1-2-12-31-23/h8-11,14-15,17-18,23H,1-7,12-13H2,(H,28,30)(H,26,27,29)/t18-,23?/m0/s1. The van der Waals surface area contributed by atoms with Crippen LogP contribution in [-0.4, -0.2) is 29.7 Å². The lowest BCUT2D eigenvalue weighted by Crippen LogP contribution is -2.38. The van der Waals surface area contributed by atoms with E-state index < -0.39 is 0 Å². The molecular weight excluding hydrogens is 422 g/mol. The second-order valence-corrected chi connectivity index (χ2v) is 8.99. The molecule has 2 heterocycles. The van der Waals surface area contributed by atoms with Crippen molar-refractivity contribution in [3.8, 4) is 11.5 Å². The number of aryl methyl sites for hydroxylation is 1. The van der Waals surface area contributed by atoms with Gasteiger partial charge >= 0.3 is 0 Å². The highest BCUT2D eigenvalue weighted by atomic mass is 16.8. The summed E-state index contributed by atoms with van der Waals surface area (Å²) in [5.41, 5.74) is 4.94. The summed E-state index contributed by atoms with van der Waals surface area (Å²) in [4.78, 5) is 34.3. The van der Waals surface area contributed by atoms with Crippen molar-refractivity contribution < 1.29 is 23.9 Å². The average molecular weight is 452 g/mol. The number of nitrogens with one attached hydrogen (secondary N) is 2. The van der Waals surface area contributed by atoms with Gasteiger partial charge in [-0.15, -0.1) is 0 Å². The van der Waals surface area contributed by atoms with E-state index in [1.54, 1.807) is 18.3 Å². The smallest absolute Gasteiger partial charge is 0.247 e. The zero-order chi connectivity index (χ0) is 22.6. The fraction of sp³-hybridized carbons (Fsp3) is 0.480. The van der Waals surface area contributed by atoms with Gasteiger partial charge in [-0.2, -0.15) is 0 Å². The quantitative estimate of drug-likeness (QED) is 0.620. The number of amides is 2. The second-order valence-electron chi connectivity index (χ2n) is 8.99. The molecule has 33 heavy (non-hydrogen) atoms. The van der Waals surface area contributed by atoms with Crippen LogP contribution in [0.5, 0.6) is 11.5 Å². The first-order valence-corrected chi connectivity index (χ1v) is 11.8. The van der Waals surface area contributed by atoms with Gasteiger partial charge in [-0.3, -0.25) is 9.59 Å². The van der Waals surface area contributed by atoms with E-state index in [-0.39, 0.29) is 29.9 Å². The van der Waals surface area contributed by atoms with Crippen molar-refractivity contribution in [1.29, 1.82) is 0 Å². The zero-order valence-corrected chi connectivity index (χ0v) is 18.5. The number of rotatable bonds is 7. The third-order valence-corrected chi connectivity index (χ3v) is 6.37. The molecular formula is C25H29N3O5. The van der Waals surface area contributed by atoms with Crippen molar-refractivity contribution in [3.63, 3.8) is 0 Å². The van der Waals surface area contributed by atoms with Crippen LogP contribution in [0.3, 0.4) is 0 Å². The summed E-state index contributed by atoms with van der Waals surface area (Å²) in [5, 5.41) is 2.84. The van der Waals surface area contributed by atoms with Crippen molar-refractivity contribution in [3.05, 3.63) is 47.7 Å². The molecule has 1 unspecified atom stereocenters. The summed E-state index contributed by atoms with van der Waals surface area (Å²) < 4.78 is 11.5. The van der Waals surface area contributed by atoms with Gasteiger partial charge in [-0.05, 0) is 74.3 Å². The molecule has 1 aliphatic heterocycles. The van der Waals surface area contributed by atoms with E-state index in [0.717, 1.165) is 50.5 Å². The van der Waals surface area contributed by atoms with Crippen LogP contribution >= 0.6 is 0 Å². The van der Waals surface area contributed by atoms with Gasteiger partial charge in [0.2, 0.25) is 11.8 Å². The van der Waals surface area contributed by atoms with Gasteiger partial charge in [0.1, 0.15) is 17.3 Å². The first kappa shape index (κ1) is 21.9. The molecule has 2 fully saturated rings. The topological polar surface area (TPSA) is 98.8 Å². The van der Waals surface area contributed by atoms with Crippen LogP contribution in [0.4, 0.5) is 5.82 Å². The molecule has 0 radical (unpaired) electrons. The molecule has 1 aromatic carbocycles. The largest absolute Gasteiger partial charge is 0.457 e. The number of fused-ring (bicyclic) bond motifs is 1. The van der Waals surface area contributed by atoms with E-state index >= 15 is 0 Å². The summed E-state index contributed by atoms with van der Waals surface area (Å²) in [5.74, 6) is 1.64. The predicted molar refractivity (Wildman–Crippen MR) is 120 cm³/mol. The number of ether oxygens (including phenoxy) is 2. The average Bonchev–Trinajstić information content (AvgIpc) is 3.69. The van der Waals surface area contributed by atoms with E-state index in [1.807, 2.05) is 12.1 Å². The molecule has 8 heteroatoms. The van der Waals surface area contributed by atoms with Crippen LogP contribution in [0.25, 0.3) is 0 Å². The number of anilines is 1. The predicted octanol–water partition coefficient (Wildman–Crippen LogP) is 3.90. The molecule has 2 atom stereocenters. The number of carbonyl (C=O) groups excluding carboxylic acids is 2. The molecule has 5 rings (SSSR count). The van der Waals surface area contributed by atoms with E-state index in [0.29, 0.717) is 30.3 Å². The van der Waals surface area contributed by atoms with Crippen LogP contribution in [0.2, 0.25) is 0 Å². The van der Waals surface area contributed by atoms with Crippen LogP contribution in [0.15, 0.2) is 36.5 Å². The number of pyridine rings is 1.